The molecule has 0 aromatic heterocycles. The SMILES string of the molecule is CC(C)(CNS(C)(=O)=O)NC(=O)Nc1ccc(OS(=O)(=O)F)cc1. The summed E-state index contributed by atoms with van der Waals surface area (Å²) in [5.41, 5.74) is -0.568. The maximum absolute atomic E-state index is 12.3. The minimum atomic E-state index is -5.11. The molecule has 0 unspecified atom stereocenters. The summed E-state index contributed by atoms with van der Waals surface area (Å²) < 4.78 is 61.4. The van der Waals surface area contributed by atoms with E-state index in [9.17, 15) is 25.5 Å². The molecule has 136 valence electrons. The number of nitrogens with one attached hydrogen (secondary N) is 3. The zero-order chi connectivity index (χ0) is 18.6. The number of halogens is 1. The van der Waals surface area contributed by atoms with E-state index in [1.165, 1.54) is 12.1 Å². The van der Waals surface area contributed by atoms with Gasteiger partial charge in [0.2, 0.25) is 10.0 Å². The molecule has 3 N–H and O–H groups in total. The Kier molecular flexibility index (Phi) is 6.14. The zero-order valence-electron chi connectivity index (χ0n) is 13.2. The largest absolute Gasteiger partial charge is 0.488 e. The third-order valence-corrected chi connectivity index (χ3v) is 3.60. The van der Waals surface area contributed by atoms with Crippen molar-refractivity contribution in [3.05, 3.63) is 24.3 Å². The molecular formula is C12H18FN3O6S2. The fourth-order valence-electron chi connectivity index (χ4n) is 1.53. The van der Waals surface area contributed by atoms with Crippen LogP contribution >= 0.6 is 0 Å². The van der Waals surface area contributed by atoms with Crippen molar-refractivity contribution in [1.29, 1.82) is 0 Å². The first-order chi connectivity index (χ1) is 10.8. The Morgan fingerprint density at radius 3 is 2.17 bits per heavy atom. The van der Waals surface area contributed by atoms with E-state index in [0.29, 0.717) is 5.69 Å². The van der Waals surface area contributed by atoms with E-state index >= 15 is 0 Å². The Bertz CT molecular complexity index is 791. The number of anilines is 1. The van der Waals surface area contributed by atoms with Gasteiger partial charge in [0.15, 0.2) is 0 Å². The monoisotopic (exact) mass is 383 g/mol. The molecule has 0 aliphatic heterocycles. The fourth-order valence-corrected chi connectivity index (χ4v) is 2.50. The molecule has 0 fully saturated rings. The number of sulfonamides is 1. The molecule has 24 heavy (non-hydrogen) atoms. The Hall–Kier alpha value is -1.92. The lowest BCUT2D eigenvalue weighted by Gasteiger charge is -2.26. The number of carbonyl (C=O) groups excluding carboxylic acids is 1. The highest BCUT2D eigenvalue weighted by molar-refractivity contribution is 7.88. The summed E-state index contributed by atoms with van der Waals surface area (Å²) in [6.07, 6.45) is 1.00. The molecule has 9 nitrogen and oxygen atoms in total. The normalized spacial score (nSPS) is 12.5. The van der Waals surface area contributed by atoms with E-state index < -0.39 is 32.1 Å². The smallest absolute Gasteiger partial charge is 0.358 e. The van der Waals surface area contributed by atoms with Crippen LogP contribution in [0, 0.1) is 0 Å². The number of rotatable bonds is 7. The van der Waals surface area contributed by atoms with Crippen molar-refractivity contribution in [2.45, 2.75) is 19.4 Å². The Morgan fingerprint density at radius 1 is 1.17 bits per heavy atom. The van der Waals surface area contributed by atoms with Crippen LogP contribution in [0.2, 0.25) is 0 Å². The van der Waals surface area contributed by atoms with Gasteiger partial charge in [0, 0.05) is 17.8 Å². The molecule has 1 aromatic carbocycles. The van der Waals surface area contributed by atoms with Crippen molar-refractivity contribution >= 4 is 32.2 Å². The van der Waals surface area contributed by atoms with Crippen molar-refractivity contribution in [3.63, 3.8) is 0 Å². The van der Waals surface area contributed by atoms with Gasteiger partial charge >= 0.3 is 16.5 Å². The minimum Gasteiger partial charge on any atom is -0.358 e. The van der Waals surface area contributed by atoms with Gasteiger partial charge in [-0.15, -0.1) is 0 Å². The van der Waals surface area contributed by atoms with E-state index in [2.05, 4.69) is 19.5 Å². The van der Waals surface area contributed by atoms with E-state index in [1.807, 2.05) is 0 Å². The first kappa shape index (κ1) is 20.1. The van der Waals surface area contributed by atoms with Crippen LogP contribution in [-0.2, 0) is 20.5 Å². The number of hydrogen-bond acceptors (Lipinski definition) is 6. The molecule has 0 atom stereocenters. The Labute approximate surface area is 140 Å². The summed E-state index contributed by atoms with van der Waals surface area (Å²) >= 11 is 0. The lowest BCUT2D eigenvalue weighted by molar-refractivity contribution is 0.241. The van der Waals surface area contributed by atoms with Crippen LogP contribution in [0.3, 0.4) is 0 Å². The van der Waals surface area contributed by atoms with E-state index in [0.717, 1.165) is 18.4 Å². The average Bonchev–Trinajstić information content (AvgIpc) is 2.36. The third kappa shape index (κ3) is 8.64. The third-order valence-electron chi connectivity index (χ3n) is 2.54. The summed E-state index contributed by atoms with van der Waals surface area (Å²) in [6, 6.07) is 4.32. The van der Waals surface area contributed by atoms with Crippen molar-refractivity contribution in [2.75, 3.05) is 18.1 Å². The molecule has 0 aliphatic carbocycles. The molecule has 1 aromatic rings. The maximum Gasteiger partial charge on any atom is 0.488 e. The number of hydrogen-bond donors (Lipinski definition) is 3. The summed E-state index contributed by atoms with van der Waals surface area (Å²) in [4.78, 5) is 11.9. The maximum atomic E-state index is 12.3. The van der Waals surface area contributed by atoms with Crippen molar-refractivity contribution in [1.82, 2.24) is 10.0 Å². The molecular weight excluding hydrogens is 365 g/mol. The van der Waals surface area contributed by atoms with Crippen LogP contribution in [0.5, 0.6) is 5.75 Å². The predicted molar refractivity (Wildman–Crippen MR) is 86.2 cm³/mol. The van der Waals surface area contributed by atoms with Crippen LogP contribution in [-0.4, -0.2) is 41.2 Å². The molecule has 0 heterocycles. The second kappa shape index (κ2) is 7.32. The van der Waals surface area contributed by atoms with E-state index in [1.54, 1.807) is 13.8 Å². The van der Waals surface area contributed by atoms with Gasteiger partial charge < -0.3 is 14.8 Å². The lowest BCUT2D eigenvalue weighted by Crippen LogP contribution is -2.52. The first-order valence-corrected chi connectivity index (χ1v) is 9.74. The molecule has 12 heteroatoms. The molecule has 0 saturated carbocycles. The highest BCUT2D eigenvalue weighted by atomic mass is 32.3. The van der Waals surface area contributed by atoms with Gasteiger partial charge in [-0.2, -0.15) is 8.42 Å². The summed E-state index contributed by atoms with van der Waals surface area (Å²) in [7, 11) is -8.50. The second-order valence-electron chi connectivity index (χ2n) is 5.56. The summed E-state index contributed by atoms with van der Waals surface area (Å²) in [5.74, 6) is -0.249. The number of carbonyl (C=O) groups is 1. The quantitative estimate of drug-likeness (QED) is 0.595. The first-order valence-electron chi connectivity index (χ1n) is 6.54. The van der Waals surface area contributed by atoms with Crippen LogP contribution in [0.15, 0.2) is 24.3 Å². The topological polar surface area (TPSA) is 131 Å². The minimum absolute atomic E-state index is 0.0135. The molecule has 0 spiro atoms. The number of amides is 2. The average molecular weight is 383 g/mol. The zero-order valence-corrected chi connectivity index (χ0v) is 14.8. The molecule has 2 amide bonds. The Morgan fingerprint density at radius 2 is 1.71 bits per heavy atom. The van der Waals surface area contributed by atoms with Gasteiger partial charge in [-0.25, -0.2) is 17.9 Å². The van der Waals surface area contributed by atoms with Gasteiger partial charge in [0.1, 0.15) is 5.75 Å². The van der Waals surface area contributed by atoms with Crippen LogP contribution in [0.4, 0.5) is 14.4 Å². The van der Waals surface area contributed by atoms with E-state index in [-0.39, 0.29) is 12.3 Å². The summed E-state index contributed by atoms with van der Waals surface area (Å²) in [5, 5.41) is 5.03. The number of benzene rings is 1. The van der Waals surface area contributed by atoms with Gasteiger partial charge in [0.25, 0.3) is 0 Å². The fraction of sp³-hybridized carbons (Fsp3) is 0.417. The van der Waals surface area contributed by atoms with Gasteiger partial charge in [0.05, 0.1) is 6.26 Å². The highest BCUT2D eigenvalue weighted by Crippen LogP contribution is 2.17. The van der Waals surface area contributed by atoms with Crippen LogP contribution in [0.25, 0.3) is 0 Å². The molecule has 0 radical (unpaired) electrons. The standard InChI is InChI=1S/C12H18FN3O6S2/c1-12(2,8-14-23(3,18)19)16-11(17)15-9-4-6-10(7-5-9)22-24(13,20)21/h4-7,14H,8H2,1-3H3,(H2,15,16,17). The highest BCUT2D eigenvalue weighted by Gasteiger charge is 2.22. The van der Waals surface area contributed by atoms with Crippen molar-refractivity contribution in [3.8, 4) is 5.75 Å². The van der Waals surface area contributed by atoms with Gasteiger partial charge in [-0.1, -0.05) is 3.89 Å². The number of urea groups is 1. The van der Waals surface area contributed by atoms with Crippen LogP contribution in [0.1, 0.15) is 13.8 Å². The van der Waals surface area contributed by atoms with Gasteiger partial charge in [-0.3, -0.25) is 0 Å². The molecule has 1 rings (SSSR count). The molecule has 0 saturated heterocycles. The lowest BCUT2D eigenvalue weighted by atomic mass is 10.1. The second-order valence-corrected chi connectivity index (χ2v) is 8.34. The van der Waals surface area contributed by atoms with Crippen molar-refractivity contribution in [2.24, 2.45) is 0 Å². The van der Waals surface area contributed by atoms with E-state index in [4.69, 9.17) is 0 Å². The Balaban J connectivity index is 2.61. The van der Waals surface area contributed by atoms with Crippen LogP contribution < -0.4 is 19.5 Å². The summed E-state index contributed by atoms with van der Waals surface area (Å²) in [6.45, 7) is 3.22. The molecule has 0 aliphatic rings. The van der Waals surface area contributed by atoms with Gasteiger partial charge in [-0.05, 0) is 38.1 Å². The predicted octanol–water partition coefficient (Wildman–Crippen LogP) is 0.729. The molecule has 0 bridgehead atoms. The van der Waals surface area contributed by atoms with Crippen molar-refractivity contribution < 1.29 is 29.7 Å².